The van der Waals surface area contributed by atoms with Crippen LogP contribution in [0, 0.1) is 0 Å². The molecule has 2 aromatic carbocycles. The lowest BCUT2D eigenvalue weighted by Crippen LogP contribution is -2.55. The molecule has 12 heteroatoms. The number of nitrogens with one attached hydrogen (secondary N) is 1. The van der Waals surface area contributed by atoms with Crippen LogP contribution in [0.15, 0.2) is 60.8 Å². The zero-order valence-electron chi connectivity index (χ0n) is 24.2. The third kappa shape index (κ3) is 5.74. The number of sulfonamides is 1. The molecule has 222 valence electrons. The molecule has 4 aromatic rings. The fraction of sp³-hybridized carbons (Fsp3) is 0.400. The smallest absolute Gasteiger partial charge is 0.245 e. The Kier molecular flexibility index (Phi) is 7.93. The second kappa shape index (κ2) is 11.8. The molecular weight excluding hydrogens is 554 g/mol. The first kappa shape index (κ1) is 28.3. The molecule has 1 atom stereocenters. The Morgan fingerprint density at radius 1 is 0.929 bits per heavy atom. The Hall–Kier alpha value is -3.87. The number of nitrogens with zero attached hydrogens (tertiary/aromatic N) is 6. The Balaban J connectivity index is 1.18. The monoisotopic (exact) mass is 591 g/mol. The van der Waals surface area contributed by atoms with Gasteiger partial charge in [0, 0.05) is 62.6 Å². The number of hydrogen-bond acceptors (Lipinski definition) is 9. The van der Waals surface area contributed by atoms with Crippen molar-refractivity contribution < 1.29 is 17.9 Å². The summed E-state index contributed by atoms with van der Waals surface area (Å²) in [7, 11) is 0.199. The van der Waals surface area contributed by atoms with Gasteiger partial charge in [-0.05, 0) is 49.2 Å². The maximum atomic E-state index is 11.9. The molecular formula is C30H37N7O4S. The lowest BCUT2D eigenvalue weighted by atomic mass is 10.0. The molecule has 2 saturated heterocycles. The van der Waals surface area contributed by atoms with Gasteiger partial charge in [0.1, 0.15) is 11.5 Å². The summed E-state index contributed by atoms with van der Waals surface area (Å²) >= 11 is 0. The third-order valence-electron chi connectivity index (χ3n) is 8.23. The Morgan fingerprint density at radius 3 is 2.48 bits per heavy atom. The topological polar surface area (TPSA) is 105 Å². The van der Waals surface area contributed by atoms with E-state index in [2.05, 4.69) is 32.2 Å². The maximum absolute atomic E-state index is 11.9. The molecule has 1 unspecified atom stereocenters. The number of rotatable bonds is 8. The normalized spacial score (nSPS) is 18.7. The summed E-state index contributed by atoms with van der Waals surface area (Å²) in [5.74, 6) is 1.93. The molecule has 0 spiro atoms. The third-order valence-corrected chi connectivity index (χ3v) is 9.54. The molecule has 1 N–H and O–H groups in total. The van der Waals surface area contributed by atoms with Gasteiger partial charge in [0.25, 0.3) is 0 Å². The van der Waals surface area contributed by atoms with E-state index in [4.69, 9.17) is 14.6 Å². The van der Waals surface area contributed by atoms with Gasteiger partial charge in [-0.25, -0.2) is 17.9 Å². The molecule has 2 fully saturated rings. The first-order valence-corrected chi connectivity index (χ1v) is 16.1. The van der Waals surface area contributed by atoms with Crippen LogP contribution >= 0.6 is 0 Å². The van der Waals surface area contributed by atoms with Gasteiger partial charge in [-0.2, -0.15) is 4.31 Å². The van der Waals surface area contributed by atoms with Crippen LogP contribution in [0.2, 0.25) is 0 Å². The van der Waals surface area contributed by atoms with Crippen molar-refractivity contribution in [2.75, 3.05) is 70.0 Å². The van der Waals surface area contributed by atoms with Gasteiger partial charge < -0.3 is 19.7 Å². The highest BCUT2D eigenvalue weighted by Crippen LogP contribution is 2.34. The van der Waals surface area contributed by atoms with E-state index < -0.39 is 10.0 Å². The Bertz CT molecular complexity index is 1670. The quantitative estimate of drug-likeness (QED) is 0.328. The van der Waals surface area contributed by atoms with E-state index in [1.54, 1.807) is 24.7 Å². The minimum Gasteiger partial charge on any atom is -0.496 e. The minimum atomic E-state index is -3.13. The van der Waals surface area contributed by atoms with Gasteiger partial charge in [0.2, 0.25) is 16.0 Å². The highest BCUT2D eigenvalue weighted by Gasteiger charge is 2.30. The number of anilines is 3. The summed E-state index contributed by atoms with van der Waals surface area (Å²) in [5.41, 5.74) is 4.60. The minimum absolute atomic E-state index is 0.392. The summed E-state index contributed by atoms with van der Waals surface area (Å²) in [6, 6.07) is 18.4. The molecule has 2 aliphatic heterocycles. The van der Waals surface area contributed by atoms with Gasteiger partial charge >= 0.3 is 0 Å². The van der Waals surface area contributed by atoms with Gasteiger partial charge in [-0.15, -0.1) is 5.10 Å². The van der Waals surface area contributed by atoms with Crippen LogP contribution in [-0.2, 0) is 10.0 Å². The van der Waals surface area contributed by atoms with E-state index in [1.807, 2.05) is 47.0 Å². The molecule has 0 aliphatic carbocycles. The fourth-order valence-electron chi connectivity index (χ4n) is 6.01. The van der Waals surface area contributed by atoms with E-state index in [1.165, 1.54) is 6.26 Å². The first-order chi connectivity index (χ1) is 20.3. The van der Waals surface area contributed by atoms with Crippen LogP contribution in [0.3, 0.4) is 0 Å². The van der Waals surface area contributed by atoms with Crippen molar-refractivity contribution in [3.05, 3.63) is 60.8 Å². The van der Waals surface area contributed by atoms with E-state index in [-0.39, 0.29) is 0 Å². The molecule has 11 nitrogen and oxygen atoms in total. The molecule has 4 heterocycles. The lowest BCUT2D eigenvalue weighted by molar-refractivity contribution is 0.125. The number of ether oxygens (including phenoxy) is 2. The first-order valence-electron chi connectivity index (χ1n) is 14.2. The van der Waals surface area contributed by atoms with E-state index >= 15 is 0 Å². The number of benzene rings is 2. The molecule has 6 rings (SSSR count). The van der Waals surface area contributed by atoms with Crippen LogP contribution in [0.4, 0.5) is 17.3 Å². The maximum Gasteiger partial charge on any atom is 0.245 e. The van der Waals surface area contributed by atoms with Crippen molar-refractivity contribution in [1.29, 1.82) is 0 Å². The predicted octanol–water partition coefficient (Wildman–Crippen LogP) is 3.70. The average molecular weight is 592 g/mol. The van der Waals surface area contributed by atoms with Crippen LogP contribution < -0.4 is 19.7 Å². The number of fused-ring (bicyclic) bond motifs is 1. The largest absolute Gasteiger partial charge is 0.496 e. The summed E-state index contributed by atoms with van der Waals surface area (Å²) in [5, 5.41) is 8.12. The standard InChI is InChI=1S/C30H37N7O4S/c1-40-28-9-5-4-8-25(28)27-13-11-23-20-31-30(33-37(23)27)32-26-12-10-22(19-29(26)41-2)35-14-6-7-24(21-35)34-15-17-36(18-16-34)42(3,38)39/h4-5,8-13,19-20,24H,6-7,14-18,21H2,1-3H3,(H,32,33). The molecule has 0 radical (unpaired) electrons. The Morgan fingerprint density at radius 2 is 1.71 bits per heavy atom. The van der Waals surface area contributed by atoms with Crippen molar-refractivity contribution >= 4 is 32.9 Å². The number of hydrogen-bond donors (Lipinski definition) is 1. The van der Waals surface area contributed by atoms with Crippen LogP contribution in [-0.4, -0.2) is 98.0 Å². The summed E-state index contributed by atoms with van der Waals surface area (Å²) in [6.45, 7) is 4.51. The molecule has 0 saturated carbocycles. The van der Waals surface area contributed by atoms with Gasteiger partial charge in [-0.1, -0.05) is 12.1 Å². The SMILES string of the molecule is COc1cc(N2CCCC(N3CCN(S(C)(=O)=O)CC3)C2)ccc1Nc1ncc2ccc(-c3ccccc3OC)n2n1. The zero-order valence-corrected chi connectivity index (χ0v) is 25.0. The van der Waals surface area contributed by atoms with Crippen LogP contribution in [0.1, 0.15) is 12.8 Å². The molecule has 2 aliphatic rings. The highest BCUT2D eigenvalue weighted by molar-refractivity contribution is 7.88. The van der Waals surface area contributed by atoms with E-state index in [0.717, 1.165) is 72.9 Å². The average Bonchev–Trinajstić information content (AvgIpc) is 3.44. The van der Waals surface area contributed by atoms with E-state index in [0.29, 0.717) is 30.8 Å². The summed E-state index contributed by atoms with van der Waals surface area (Å²) in [4.78, 5) is 9.37. The van der Waals surface area contributed by atoms with Crippen LogP contribution in [0.5, 0.6) is 11.5 Å². The second-order valence-corrected chi connectivity index (χ2v) is 12.8. The number of para-hydroxylation sites is 1. The molecule has 42 heavy (non-hydrogen) atoms. The molecule has 0 amide bonds. The zero-order chi connectivity index (χ0) is 29.3. The van der Waals surface area contributed by atoms with Crippen LogP contribution in [0.25, 0.3) is 16.8 Å². The number of aromatic nitrogens is 3. The summed E-state index contributed by atoms with van der Waals surface area (Å²) < 4.78 is 38.6. The van der Waals surface area contributed by atoms with Crippen molar-refractivity contribution in [1.82, 2.24) is 23.8 Å². The fourth-order valence-corrected chi connectivity index (χ4v) is 6.83. The number of piperidine rings is 1. The highest BCUT2D eigenvalue weighted by atomic mass is 32.2. The van der Waals surface area contributed by atoms with Crippen molar-refractivity contribution in [3.63, 3.8) is 0 Å². The number of piperazine rings is 1. The van der Waals surface area contributed by atoms with Gasteiger partial charge in [-0.3, -0.25) is 4.90 Å². The number of methoxy groups -OCH3 is 2. The lowest BCUT2D eigenvalue weighted by Gasteiger charge is -2.43. The van der Waals surface area contributed by atoms with Crippen molar-refractivity contribution in [2.24, 2.45) is 0 Å². The predicted molar refractivity (Wildman–Crippen MR) is 164 cm³/mol. The van der Waals surface area contributed by atoms with Gasteiger partial charge in [0.15, 0.2) is 0 Å². The van der Waals surface area contributed by atoms with Gasteiger partial charge in [0.05, 0.1) is 43.6 Å². The van der Waals surface area contributed by atoms with E-state index in [9.17, 15) is 8.42 Å². The second-order valence-electron chi connectivity index (χ2n) is 10.8. The van der Waals surface area contributed by atoms with Crippen molar-refractivity contribution in [3.8, 4) is 22.8 Å². The Labute approximate surface area is 246 Å². The van der Waals surface area contributed by atoms with Crippen molar-refractivity contribution in [2.45, 2.75) is 18.9 Å². The molecule has 0 bridgehead atoms. The summed E-state index contributed by atoms with van der Waals surface area (Å²) in [6.07, 6.45) is 5.28. The molecule has 2 aromatic heterocycles.